The second-order valence-corrected chi connectivity index (χ2v) is 4.63. The number of non-ortho nitro benzene ring substituents is 1. The normalized spacial score (nSPS) is 9.83. The van der Waals surface area contributed by atoms with Gasteiger partial charge in [0.25, 0.3) is 11.6 Å². The molecule has 0 unspecified atom stereocenters. The number of rotatable bonds is 3. The number of amides is 3. The van der Waals surface area contributed by atoms with E-state index in [0.29, 0.717) is 0 Å². The van der Waals surface area contributed by atoms with Crippen LogP contribution in [0, 0.1) is 10.1 Å². The lowest BCUT2D eigenvalue weighted by Gasteiger charge is -2.07. The molecule has 2 aromatic rings. The molecule has 3 amide bonds. The summed E-state index contributed by atoms with van der Waals surface area (Å²) in [5.41, 5.74) is 5.85. The Hall–Kier alpha value is -3.75. The average Bonchev–Trinajstić information content (AvgIpc) is 2.55. The first-order valence-electron chi connectivity index (χ1n) is 6.64. The largest absolute Gasteiger partial charge is 0.398 e. The van der Waals surface area contributed by atoms with Gasteiger partial charge in [-0.15, -0.1) is 0 Å². The van der Waals surface area contributed by atoms with Crippen LogP contribution in [-0.4, -0.2) is 22.6 Å². The second kappa shape index (κ2) is 7.01. The number of anilines is 2. The molecule has 0 saturated heterocycles. The smallest absolute Gasteiger partial charge is 0.316 e. The number of nitro groups is 1. The Kier molecular flexibility index (Phi) is 4.85. The minimum Gasteiger partial charge on any atom is -0.398 e. The van der Waals surface area contributed by atoms with Crippen LogP contribution in [0.2, 0.25) is 0 Å². The van der Waals surface area contributed by atoms with E-state index in [-0.39, 0.29) is 22.6 Å². The first-order valence-corrected chi connectivity index (χ1v) is 6.64. The molecule has 0 aliphatic rings. The van der Waals surface area contributed by atoms with Gasteiger partial charge < -0.3 is 11.1 Å². The van der Waals surface area contributed by atoms with Crippen molar-refractivity contribution in [2.45, 2.75) is 0 Å². The summed E-state index contributed by atoms with van der Waals surface area (Å²) in [4.78, 5) is 45.3. The van der Waals surface area contributed by atoms with E-state index in [9.17, 15) is 24.5 Å². The fraction of sp³-hybridized carbons (Fsp3) is 0. The van der Waals surface area contributed by atoms with Gasteiger partial charge in [0, 0.05) is 23.5 Å². The highest BCUT2D eigenvalue weighted by atomic mass is 16.6. The third-order valence-corrected chi connectivity index (χ3v) is 2.97. The Morgan fingerprint density at radius 2 is 1.58 bits per heavy atom. The van der Waals surface area contributed by atoms with Gasteiger partial charge in [0.2, 0.25) is 0 Å². The molecule has 0 radical (unpaired) electrons. The molecule has 9 heteroatoms. The van der Waals surface area contributed by atoms with Gasteiger partial charge in [0.1, 0.15) is 0 Å². The molecule has 0 aliphatic heterocycles. The number of carbonyl (C=O) groups is 3. The zero-order valence-corrected chi connectivity index (χ0v) is 12.2. The molecule has 0 heterocycles. The molecule has 0 fully saturated rings. The predicted octanol–water partition coefficient (Wildman–Crippen LogP) is 1.07. The molecule has 0 aliphatic carbocycles. The number of hydrogen-bond acceptors (Lipinski definition) is 6. The maximum atomic E-state index is 11.9. The van der Waals surface area contributed by atoms with Crippen molar-refractivity contribution in [1.29, 1.82) is 0 Å². The Balaban J connectivity index is 1.99. The molecule has 0 aromatic heterocycles. The Morgan fingerprint density at radius 1 is 0.958 bits per heavy atom. The number of nitrogens with two attached hydrogens (primary N) is 1. The Bertz CT molecular complexity index is 817. The van der Waals surface area contributed by atoms with Gasteiger partial charge >= 0.3 is 11.8 Å². The maximum Gasteiger partial charge on any atom is 0.316 e. The molecular weight excluding hydrogens is 316 g/mol. The SMILES string of the molecule is Nc1ccccc1C(=O)NC(=O)C(=O)Nc1ccc([N+](=O)[O-])cc1. The van der Waals surface area contributed by atoms with Crippen LogP contribution in [0.25, 0.3) is 0 Å². The predicted molar refractivity (Wildman–Crippen MR) is 85.1 cm³/mol. The fourth-order valence-corrected chi connectivity index (χ4v) is 1.79. The highest BCUT2D eigenvalue weighted by Gasteiger charge is 2.19. The first-order chi connectivity index (χ1) is 11.4. The van der Waals surface area contributed by atoms with Crippen LogP contribution in [0.1, 0.15) is 10.4 Å². The van der Waals surface area contributed by atoms with Gasteiger partial charge in [-0.25, -0.2) is 0 Å². The van der Waals surface area contributed by atoms with Crippen molar-refractivity contribution in [3.05, 3.63) is 64.2 Å². The van der Waals surface area contributed by atoms with E-state index in [1.54, 1.807) is 12.1 Å². The Morgan fingerprint density at radius 3 is 2.17 bits per heavy atom. The number of benzene rings is 2. The van der Waals surface area contributed by atoms with Crippen LogP contribution in [0.5, 0.6) is 0 Å². The molecule has 0 spiro atoms. The molecule has 0 bridgehead atoms. The first kappa shape index (κ1) is 16.6. The molecule has 122 valence electrons. The number of hydrogen-bond donors (Lipinski definition) is 3. The van der Waals surface area contributed by atoms with Crippen molar-refractivity contribution in [1.82, 2.24) is 5.32 Å². The van der Waals surface area contributed by atoms with E-state index in [2.05, 4.69) is 5.32 Å². The van der Waals surface area contributed by atoms with Crippen molar-refractivity contribution in [2.24, 2.45) is 0 Å². The van der Waals surface area contributed by atoms with E-state index >= 15 is 0 Å². The number of nitrogens with zero attached hydrogens (tertiary/aromatic N) is 1. The topological polar surface area (TPSA) is 144 Å². The Labute approximate surface area is 135 Å². The molecule has 4 N–H and O–H groups in total. The van der Waals surface area contributed by atoms with Gasteiger partial charge in [-0.05, 0) is 24.3 Å². The summed E-state index contributed by atoms with van der Waals surface area (Å²) in [6, 6.07) is 10.9. The summed E-state index contributed by atoms with van der Waals surface area (Å²) in [6.07, 6.45) is 0. The summed E-state index contributed by atoms with van der Waals surface area (Å²) in [5, 5.41) is 14.7. The molecule has 0 saturated carbocycles. The number of imide groups is 1. The minimum atomic E-state index is -1.18. The van der Waals surface area contributed by atoms with Crippen molar-refractivity contribution in [3.8, 4) is 0 Å². The monoisotopic (exact) mass is 328 g/mol. The number of carbonyl (C=O) groups excluding carboxylic acids is 3. The van der Waals surface area contributed by atoms with Gasteiger partial charge in [-0.1, -0.05) is 12.1 Å². The lowest BCUT2D eigenvalue weighted by Crippen LogP contribution is -2.39. The fourth-order valence-electron chi connectivity index (χ4n) is 1.79. The van der Waals surface area contributed by atoms with Crippen molar-refractivity contribution >= 4 is 34.8 Å². The lowest BCUT2D eigenvalue weighted by atomic mass is 10.1. The van der Waals surface area contributed by atoms with Gasteiger partial charge in [-0.3, -0.25) is 29.8 Å². The number of nitrogens with one attached hydrogen (secondary N) is 2. The number of para-hydroxylation sites is 1. The molecule has 24 heavy (non-hydrogen) atoms. The van der Waals surface area contributed by atoms with Crippen LogP contribution in [0.3, 0.4) is 0 Å². The quantitative estimate of drug-likeness (QED) is 0.333. The molecule has 2 rings (SSSR count). The van der Waals surface area contributed by atoms with Gasteiger partial charge in [0.05, 0.1) is 10.5 Å². The zero-order valence-electron chi connectivity index (χ0n) is 12.2. The molecule has 9 nitrogen and oxygen atoms in total. The van der Waals surface area contributed by atoms with E-state index < -0.39 is 22.6 Å². The molecule has 2 aromatic carbocycles. The van der Waals surface area contributed by atoms with E-state index in [1.807, 2.05) is 5.32 Å². The van der Waals surface area contributed by atoms with Crippen LogP contribution in [0.15, 0.2) is 48.5 Å². The molecular formula is C15H12N4O5. The van der Waals surface area contributed by atoms with Crippen LogP contribution in [0.4, 0.5) is 17.1 Å². The third-order valence-electron chi connectivity index (χ3n) is 2.97. The van der Waals surface area contributed by atoms with Crippen molar-refractivity contribution < 1.29 is 19.3 Å². The third kappa shape index (κ3) is 3.91. The van der Waals surface area contributed by atoms with E-state index in [4.69, 9.17) is 5.73 Å². The molecule has 0 atom stereocenters. The van der Waals surface area contributed by atoms with Gasteiger partial charge in [0.15, 0.2) is 0 Å². The summed E-state index contributed by atoms with van der Waals surface area (Å²) in [7, 11) is 0. The standard InChI is InChI=1S/C15H12N4O5/c16-12-4-2-1-3-11(12)13(20)18-15(22)14(21)17-9-5-7-10(8-6-9)19(23)24/h1-8H,16H2,(H,17,21)(H,18,20,22). The van der Waals surface area contributed by atoms with Crippen LogP contribution >= 0.6 is 0 Å². The van der Waals surface area contributed by atoms with E-state index in [1.165, 1.54) is 36.4 Å². The number of nitrogen functional groups attached to an aromatic ring is 1. The summed E-state index contributed by atoms with van der Waals surface area (Å²) in [6.45, 7) is 0. The summed E-state index contributed by atoms with van der Waals surface area (Å²) in [5.74, 6) is -3.08. The summed E-state index contributed by atoms with van der Waals surface area (Å²) >= 11 is 0. The zero-order chi connectivity index (χ0) is 17.7. The lowest BCUT2D eigenvalue weighted by molar-refractivity contribution is -0.384. The maximum absolute atomic E-state index is 11.9. The highest BCUT2D eigenvalue weighted by Crippen LogP contribution is 2.15. The highest BCUT2D eigenvalue weighted by molar-refractivity contribution is 6.42. The minimum absolute atomic E-state index is 0.0639. The summed E-state index contributed by atoms with van der Waals surface area (Å²) < 4.78 is 0. The van der Waals surface area contributed by atoms with Crippen LogP contribution in [-0.2, 0) is 9.59 Å². The average molecular weight is 328 g/mol. The van der Waals surface area contributed by atoms with Crippen molar-refractivity contribution in [3.63, 3.8) is 0 Å². The van der Waals surface area contributed by atoms with Crippen molar-refractivity contribution in [2.75, 3.05) is 11.1 Å². The van der Waals surface area contributed by atoms with E-state index in [0.717, 1.165) is 0 Å². The van der Waals surface area contributed by atoms with Crippen LogP contribution < -0.4 is 16.4 Å². The van der Waals surface area contributed by atoms with Gasteiger partial charge in [-0.2, -0.15) is 0 Å². The second-order valence-electron chi connectivity index (χ2n) is 4.63. The number of nitro benzene ring substituents is 1.